The molecule has 0 amide bonds. The highest BCUT2D eigenvalue weighted by Gasteiger charge is 2.10. The fourth-order valence-electron chi connectivity index (χ4n) is 1.03. The summed E-state index contributed by atoms with van der Waals surface area (Å²) in [5, 5.41) is 0. The van der Waals surface area contributed by atoms with Crippen molar-refractivity contribution in [2.75, 3.05) is 20.3 Å². The van der Waals surface area contributed by atoms with Crippen molar-refractivity contribution in [1.82, 2.24) is 4.98 Å². The van der Waals surface area contributed by atoms with Gasteiger partial charge < -0.3 is 14.2 Å². The third-order valence-corrected chi connectivity index (χ3v) is 2.79. The number of nitrogens with zero attached hydrogens (tertiary/aromatic N) is 1. The van der Waals surface area contributed by atoms with E-state index in [1.54, 1.807) is 13.3 Å². The second-order valence-electron chi connectivity index (χ2n) is 2.87. The maximum absolute atomic E-state index is 5.53. The normalized spacial score (nSPS) is 12.5. The topological polar surface area (TPSA) is 40.6 Å². The Morgan fingerprint density at radius 1 is 1.44 bits per heavy atom. The van der Waals surface area contributed by atoms with E-state index in [-0.39, 0.29) is 6.29 Å². The van der Waals surface area contributed by atoms with Crippen LogP contribution in [0.2, 0.25) is 0 Å². The molecule has 90 valence electrons. The summed E-state index contributed by atoms with van der Waals surface area (Å²) in [6, 6.07) is 1.83. The van der Waals surface area contributed by atoms with Crippen LogP contribution in [-0.2, 0) is 9.47 Å². The minimum absolute atomic E-state index is 0.321. The molecule has 1 aromatic rings. The van der Waals surface area contributed by atoms with Crippen LogP contribution in [0.4, 0.5) is 0 Å². The van der Waals surface area contributed by atoms with Crippen molar-refractivity contribution in [3.8, 4) is 5.75 Å². The lowest BCUT2D eigenvalue weighted by Gasteiger charge is -2.16. The van der Waals surface area contributed by atoms with E-state index in [4.69, 9.17) is 14.2 Å². The Morgan fingerprint density at radius 2 is 2.19 bits per heavy atom. The van der Waals surface area contributed by atoms with Crippen molar-refractivity contribution < 1.29 is 14.2 Å². The second-order valence-corrected chi connectivity index (χ2v) is 4.54. The second kappa shape index (κ2) is 7.21. The first-order valence-corrected chi connectivity index (χ1v) is 6.34. The van der Waals surface area contributed by atoms with E-state index in [9.17, 15) is 0 Å². The zero-order chi connectivity index (χ0) is 12.0. The molecule has 1 unspecified atom stereocenters. The zero-order valence-electron chi connectivity index (χ0n) is 9.07. The predicted octanol–water partition coefficient (Wildman–Crippen LogP) is 2.99. The molecule has 0 aliphatic heterocycles. The van der Waals surface area contributed by atoms with E-state index in [1.807, 2.05) is 13.0 Å². The van der Waals surface area contributed by atoms with E-state index in [0.717, 1.165) is 4.47 Å². The number of halogens is 2. The number of methoxy groups -OCH3 is 1. The third kappa shape index (κ3) is 4.37. The molecule has 0 N–H and O–H groups in total. The smallest absolute Gasteiger partial charge is 0.191 e. The lowest BCUT2D eigenvalue weighted by molar-refractivity contribution is -0.137. The molecule has 0 saturated heterocycles. The van der Waals surface area contributed by atoms with E-state index < -0.39 is 0 Å². The van der Waals surface area contributed by atoms with Gasteiger partial charge in [0.05, 0.1) is 0 Å². The van der Waals surface area contributed by atoms with Crippen LogP contribution in [0.25, 0.3) is 0 Å². The summed E-state index contributed by atoms with van der Waals surface area (Å²) in [6.45, 7) is 2.81. The highest BCUT2D eigenvalue weighted by Crippen LogP contribution is 2.25. The van der Waals surface area contributed by atoms with Gasteiger partial charge in [-0.25, -0.2) is 4.98 Å². The summed E-state index contributed by atoms with van der Waals surface area (Å²) in [5.74, 6) is 0.649. The van der Waals surface area contributed by atoms with Gasteiger partial charge >= 0.3 is 0 Å². The Morgan fingerprint density at radius 3 is 2.81 bits per heavy atom. The summed E-state index contributed by atoms with van der Waals surface area (Å²) in [4.78, 5) is 4.09. The molecule has 0 aliphatic carbocycles. The van der Waals surface area contributed by atoms with E-state index in [0.29, 0.717) is 23.6 Å². The van der Waals surface area contributed by atoms with Crippen molar-refractivity contribution in [2.24, 2.45) is 0 Å². The fourth-order valence-corrected chi connectivity index (χ4v) is 1.67. The Bertz CT molecular complexity index is 336. The third-order valence-electron chi connectivity index (χ3n) is 1.76. The lowest BCUT2D eigenvalue weighted by atomic mass is 10.4. The van der Waals surface area contributed by atoms with E-state index in [1.165, 1.54) is 0 Å². The molecule has 0 spiro atoms. The summed E-state index contributed by atoms with van der Waals surface area (Å²) in [5.41, 5.74) is 0. The standard InChI is InChI=1S/C10H13Br2NO3/c1-3-15-9(14-2)6-16-8-4-7(11)5-13-10(8)12/h4-5,9H,3,6H2,1-2H3. The van der Waals surface area contributed by atoms with Gasteiger partial charge in [-0.3, -0.25) is 0 Å². The van der Waals surface area contributed by atoms with Crippen molar-refractivity contribution in [1.29, 1.82) is 0 Å². The van der Waals surface area contributed by atoms with Crippen LogP contribution in [0.5, 0.6) is 5.75 Å². The number of aromatic nitrogens is 1. The van der Waals surface area contributed by atoms with Gasteiger partial charge in [0.25, 0.3) is 0 Å². The van der Waals surface area contributed by atoms with Gasteiger partial charge in [0.2, 0.25) is 0 Å². The first-order valence-electron chi connectivity index (χ1n) is 4.75. The number of pyridine rings is 1. The van der Waals surface area contributed by atoms with Gasteiger partial charge in [-0.2, -0.15) is 0 Å². The molecule has 1 rings (SSSR count). The van der Waals surface area contributed by atoms with Crippen molar-refractivity contribution in [3.05, 3.63) is 21.3 Å². The minimum Gasteiger partial charge on any atom is -0.485 e. The SMILES string of the molecule is CCOC(COc1cc(Br)cnc1Br)OC. The molecule has 6 heteroatoms. The van der Waals surface area contributed by atoms with Crippen LogP contribution >= 0.6 is 31.9 Å². The largest absolute Gasteiger partial charge is 0.485 e. The number of hydrogen-bond acceptors (Lipinski definition) is 4. The van der Waals surface area contributed by atoms with Crippen LogP contribution in [-0.4, -0.2) is 31.6 Å². The first kappa shape index (κ1) is 13.9. The summed E-state index contributed by atoms with van der Waals surface area (Å²) in [6.07, 6.45) is 1.32. The van der Waals surface area contributed by atoms with Crippen LogP contribution in [0.3, 0.4) is 0 Å². The van der Waals surface area contributed by atoms with Gasteiger partial charge in [0, 0.05) is 24.4 Å². The predicted molar refractivity (Wildman–Crippen MR) is 67.6 cm³/mol. The molecule has 16 heavy (non-hydrogen) atoms. The Balaban J connectivity index is 2.55. The van der Waals surface area contributed by atoms with Crippen molar-refractivity contribution in [3.63, 3.8) is 0 Å². The summed E-state index contributed by atoms with van der Waals surface area (Å²) >= 11 is 6.63. The van der Waals surface area contributed by atoms with Gasteiger partial charge in [0.1, 0.15) is 11.2 Å². The van der Waals surface area contributed by atoms with E-state index >= 15 is 0 Å². The fraction of sp³-hybridized carbons (Fsp3) is 0.500. The molecule has 1 atom stereocenters. The summed E-state index contributed by atoms with van der Waals surface area (Å²) < 4.78 is 17.4. The highest BCUT2D eigenvalue weighted by atomic mass is 79.9. The summed E-state index contributed by atoms with van der Waals surface area (Å²) in [7, 11) is 1.58. The van der Waals surface area contributed by atoms with Crippen LogP contribution in [0, 0.1) is 0 Å². The number of ether oxygens (including phenoxy) is 3. The molecular formula is C10H13Br2NO3. The van der Waals surface area contributed by atoms with Gasteiger partial charge in [0.15, 0.2) is 12.0 Å². The zero-order valence-corrected chi connectivity index (χ0v) is 12.2. The molecular weight excluding hydrogens is 342 g/mol. The average molecular weight is 355 g/mol. The van der Waals surface area contributed by atoms with Crippen LogP contribution < -0.4 is 4.74 Å². The van der Waals surface area contributed by atoms with Gasteiger partial charge in [-0.1, -0.05) is 0 Å². The number of rotatable bonds is 6. The Hall–Kier alpha value is -0.170. The monoisotopic (exact) mass is 353 g/mol. The highest BCUT2D eigenvalue weighted by molar-refractivity contribution is 9.11. The molecule has 0 saturated carbocycles. The minimum atomic E-state index is -0.365. The van der Waals surface area contributed by atoms with Gasteiger partial charge in [-0.15, -0.1) is 0 Å². The molecule has 0 fully saturated rings. The molecule has 0 bridgehead atoms. The maximum atomic E-state index is 5.53. The first-order chi connectivity index (χ1) is 7.67. The van der Waals surface area contributed by atoms with Crippen LogP contribution in [0.15, 0.2) is 21.3 Å². The molecule has 0 aromatic carbocycles. The van der Waals surface area contributed by atoms with E-state index in [2.05, 4.69) is 36.8 Å². The maximum Gasteiger partial charge on any atom is 0.191 e. The van der Waals surface area contributed by atoms with Crippen LogP contribution in [0.1, 0.15) is 6.92 Å². The Kier molecular flexibility index (Phi) is 6.26. The molecule has 1 aromatic heterocycles. The quantitative estimate of drug-likeness (QED) is 0.581. The molecule has 0 radical (unpaired) electrons. The molecule has 0 aliphatic rings. The van der Waals surface area contributed by atoms with Crippen molar-refractivity contribution in [2.45, 2.75) is 13.2 Å². The average Bonchev–Trinajstić information content (AvgIpc) is 2.28. The Labute approximate surface area is 112 Å². The lowest BCUT2D eigenvalue weighted by Crippen LogP contribution is -2.23. The molecule has 1 heterocycles. The van der Waals surface area contributed by atoms with Crippen molar-refractivity contribution >= 4 is 31.9 Å². The molecule has 4 nitrogen and oxygen atoms in total. The van der Waals surface area contributed by atoms with Gasteiger partial charge in [-0.05, 0) is 44.8 Å². The number of hydrogen-bond donors (Lipinski definition) is 0.